The van der Waals surface area contributed by atoms with Crippen LogP contribution in [-0.4, -0.2) is 50.3 Å². The van der Waals surface area contributed by atoms with Gasteiger partial charge in [-0.2, -0.15) is 4.98 Å². The summed E-state index contributed by atoms with van der Waals surface area (Å²) in [5.74, 6) is -0.0401. The number of aliphatic hydroxyl groups is 1. The zero-order chi connectivity index (χ0) is 12.3. The van der Waals surface area contributed by atoms with E-state index in [0.29, 0.717) is 6.54 Å². The first-order valence-corrected chi connectivity index (χ1v) is 5.82. The quantitative estimate of drug-likeness (QED) is 0.660. The monoisotopic (exact) mass is 239 g/mol. The minimum absolute atomic E-state index is 0.0185. The van der Waals surface area contributed by atoms with Crippen LogP contribution in [0.4, 0.5) is 5.95 Å². The smallest absolute Gasteiger partial charge is 0.291 e. The summed E-state index contributed by atoms with van der Waals surface area (Å²) >= 11 is 0. The average molecular weight is 239 g/mol. The third-order valence-electron chi connectivity index (χ3n) is 3.05. The number of nitrogens with zero attached hydrogens (tertiary/aromatic N) is 3. The highest BCUT2D eigenvalue weighted by molar-refractivity contribution is 5.90. The highest BCUT2D eigenvalue weighted by Crippen LogP contribution is 2.18. The van der Waals surface area contributed by atoms with Crippen LogP contribution in [0, 0.1) is 0 Å². The Morgan fingerprint density at radius 1 is 1.53 bits per heavy atom. The molecule has 2 rings (SSSR count). The maximum atomic E-state index is 12.2. The van der Waals surface area contributed by atoms with Crippen molar-refractivity contribution in [3.63, 3.8) is 0 Å². The number of nitrogen functional groups attached to an aromatic ring is 1. The van der Waals surface area contributed by atoms with Crippen LogP contribution < -0.4 is 5.73 Å². The predicted molar refractivity (Wildman–Crippen MR) is 61.2 cm³/mol. The highest BCUT2D eigenvalue weighted by Gasteiger charge is 2.27. The summed E-state index contributed by atoms with van der Waals surface area (Å²) in [7, 11) is 0. The van der Waals surface area contributed by atoms with Crippen LogP contribution in [-0.2, 0) is 0 Å². The minimum Gasteiger partial charge on any atom is -0.394 e. The normalized spacial score (nSPS) is 21.2. The molecule has 1 amide bonds. The van der Waals surface area contributed by atoms with Gasteiger partial charge in [-0.15, -0.1) is 5.10 Å². The Bertz CT molecular complexity index is 392. The summed E-state index contributed by atoms with van der Waals surface area (Å²) in [4.78, 5) is 17.6. The number of likely N-dealkylation sites (tertiary alicyclic amines) is 1. The first-order valence-electron chi connectivity index (χ1n) is 5.82. The molecule has 1 unspecified atom stereocenters. The van der Waals surface area contributed by atoms with E-state index in [9.17, 15) is 9.90 Å². The summed E-state index contributed by atoms with van der Waals surface area (Å²) in [5, 5.41) is 15.5. The lowest BCUT2D eigenvalue weighted by molar-refractivity contribution is 0.0588. The number of aromatic nitrogens is 3. The Kier molecular flexibility index (Phi) is 3.58. The number of aliphatic hydroxyl groups excluding tert-OH is 1. The van der Waals surface area contributed by atoms with Crippen LogP contribution in [0.5, 0.6) is 0 Å². The first kappa shape index (κ1) is 11.8. The standard InChI is InChI=1S/C10H17N5O2/c11-10-12-8(13-14-10)9(17)15-5-3-1-2-4-7(15)6-16/h7,16H,1-6H2,(H3,11,12,13,14). The van der Waals surface area contributed by atoms with Crippen molar-refractivity contribution in [2.24, 2.45) is 0 Å². The van der Waals surface area contributed by atoms with Crippen molar-refractivity contribution >= 4 is 11.9 Å². The summed E-state index contributed by atoms with van der Waals surface area (Å²) in [6.45, 7) is 0.625. The summed E-state index contributed by atoms with van der Waals surface area (Å²) in [6, 6.07) is -0.128. The molecule has 1 aromatic rings. The SMILES string of the molecule is Nc1n[nH]c(C(=O)N2CCCCCC2CO)n1. The van der Waals surface area contributed by atoms with E-state index < -0.39 is 0 Å². The molecular formula is C10H17N5O2. The van der Waals surface area contributed by atoms with Gasteiger partial charge in [-0.25, -0.2) is 0 Å². The molecule has 1 aromatic heterocycles. The van der Waals surface area contributed by atoms with Gasteiger partial charge in [0.1, 0.15) is 0 Å². The molecule has 1 saturated heterocycles. The third-order valence-corrected chi connectivity index (χ3v) is 3.05. The number of carbonyl (C=O) groups excluding carboxylic acids is 1. The third kappa shape index (κ3) is 2.55. The van der Waals surface area contributed by atoms with Gasteiger partial charge < -0.3 is 15.7 Å². The molecule has 1 aliphatic heterocycles. The number of aromatic amines is 1. The molecule has 1 atom stereocenters. The van der Waals surface area contributed by atoms with E-state index in [1.54, 1.807) is 4.90 Å². The Morgan fingerprint density at radius 2 is 2.35 bits per heavy atom. The van der Waals surface area contributed by atoms with Crippen LogP contribution in [0.2, 0.25) is 0 Å². The van der Waals surface area contributed by atoms with E-state index in [4.69, 9.17) is 5.73 Å². The molecule has 7 heteroatoms. The first-order chi connectivity index (χ1) is 8.22. The zero-order valence-corrected chi connectivity index (χ0v) is 9.59. The van der Waals surface area contributed by atoms with Gasteiger partial charge in [0.05, 0.1) is 12.6 Å². The number of rotatable bonds is 2. The molecule has 94 valence electrons. The maximum absolute atomic E-state index is 12.2. The Balaban J connectivity index is 2.15. The largest absolute Gasteiger partial charge is 0.394 e. The maximum Gasteiger partial charge on any atom is 0.291 e. The van der Waals surface area contributed by atoms with Crippen molar-refractivity contribution in [3.8, 4) is 0 Å². The van der Waals surface area contributed by atoms with Crippen LogP contribution >= 0.6 is 0 Å². The van der Waals surface area contributed by atoms with Gasteiger partial charge in [0, 0.05) is 6.54 Å². The van der Waals surface area contributed by atoms with Crippen LogP contribution in [0.15, 0.2) is 0 Å². The van der Waals surface area contributed by atoms with Crippen LogP contribution in [0.1, 0.15) is 36.3 Å². The van der Waals surface area contributed by atoms with Crippen molar-refractivity contribution in [1.29, 1.82) is 0 Å². The highest BCUT2D eigenvalue weighted by atomic mass is 16.3. The molecule has 0 bridgehead atoms. The topological polar surface area (TPSA) is 108 Å². The molecule has 0 spiro atoms. The fraction of sp³-hybridized carbons (Fsp3) is 0.700. The fourth-order valence-corrected chi connectivity index (χ4v) is 2.14. The van der Waals surface area contributed by atoms with Crippen molar-refractivity contribution in [2.45, 2.75) is 31.7 Å². The van der Waals surface area contributed by atoms with Crippen LogP contribution in [0.25, 0.3) is 0 Å². The Labute approximate surface area is 99.0 Å². The van der Waals surface area contributed by atoms with Gasteiger partial charge in [0.15, 0.2) is 0 Å². The number of hydrogen-bond donors (Lipinski definition) is 3. The lowest BCUT2D eigenvalue weighted by Gasteiger charge is -2.27. The second-order valence-electron chi connectivity index (χ2n) is 4.23. The van der Waals surface area contributed by atoms with E-state index in [2.05, 4.69) is 15.2 Å². The van der Waals surface area contributed by atoms with Crippen LogP contribution in [0.3, 0.4) is 0 Å². The van der Waals surface area contributed by atoms with Crippen molar-refractivity contribution in [1.82, 2.24) is 20.1 Å². The van der Waals surface area contributed by atoms with Crippen molar-refractivity contribution in [2.75, 3.05) is 18.9 Å². The number of hydrogen-bond acceptors (Lipinski definition) is 5. The molecule has 17 heavy (non-hydrogen) atoms. The zero-order valence-electron chi connectivity index (χ0n) is 9.59. The molecule has 1 aliphatic rings. The van der Waals surface area contributed by atoms with Gasteiger partial charge in [-0.1, -0.05) is 12.8 Å². The molecule has 1 fully saturated rings. The van der Waals surface area contributed by atoms with E-state index in [1.165, 1.54) is 0 Å². The number of amides is 1. The second kappa shape index (κ2) is 5.13. The number of carbonyl (C=O) groups is 1. The average Bonchev–Trinajstić information content (AvgIpc) is 2.64. The van der Waals surface area contributed by atoms with E-state index in [1.807, 2.05) is 0 Å². The van der Waals surface area contributed by atoms with E-state index >= 15 is 0 Å². The fourth-order valence-electron chi connectivity index (χ4n) is 2.14. The molecule has 0 aliphatic carbocycles. The molecule has 7 nitrogen and oxygen atoms in total. The molecule has 2 heterocycles. The lowest BCUT2D eigenvalue weighted by Crippen LogP contribution is -2.42. The number of nitrogens with one attached hydrogen (secondary N) is 1. The number of anilines is 1. The molecule has 4 N–H and O–H groups in total. The molecule has 0 radical (unpaired) electrons. The number of nitrogens with two attached hydrogens (primary N) is 1. The van der Waals surface area contributed by atoms with Gasteiger partial charge in [0.2, 0.25) is 11.8 Å². The van der Waals surface area contributed by atoms with E-state index in [-0.39, 0.29) is 30.3 Å². The van der Waals surface area contributed by atoms with E-state index in [0.717, 1.165) is 25.7 Å². The van der Waals surface area contributed by atoms with Gasteiger partial charge in [0.25, 0.3) is 5.91 Å². The van der Waals surface area contributed by atoms with Gasteiger partial charge in [-0.05, 0) is 12.8 Å². The molecule has 0 aromatic carbocycles. The second-order valence-corrected chi connectivity index (χ2v) is 4.23. The lowest BCUT2D eigenvalue weighted by atomic mass is 10.1. The van der Waals surface area contributed by atoms with Gasteiger partial charge >= 0.3 is 0 Å². The summed E-state index contributed by atoms with van der Waals surface area (Å²) < 4.78 is 0. The molecular weight excluding hydrogens is 222 g/mol. The Morgan fingerprint density at radius 3 is 3.00 bits per heavy atom. The van der Waals surface area contributed by atoms with Crippen molar-refractivity contribution < 1.29 is 9.90 Å². The predicted octanol–water partition coefficient (Wildman–Crippen LogP) is -0.236. The Hall–Kier alpha value is -1.63. The summed E-state index contributed by atoms with van der Waals surface area (Å²) in [5.41, 5.74) is 5.37. The molecule has 0 saturated carbocycles. The number of H-pyrrole nitrogens is 1. The summed E-state index contributed by atoms with van der Waals surface area (Å²) in [6.07, 6.45) is 3.89. The van der Waals surface area contributed by atoms with Gasteiger partial charge in [-0.3, -0.25) is 9.89 Å². The van der Waals surface area contributed by atoms with Crippen molar-refractivity contribution in [3.05, 3.63) is 5.82 Å². The minimum atomic E-state index is -0.241.